The Morgan fingerprint density at radius 1 is 0.976 bits per heavy atom. The smallest absolute Gasteiger partial charge is 0.335 e. The normalized spacial score (nSPS) is 14.1. The van der Waals surface area contributed by atoms with Gasteiger partial charge in [-0.2, -0.15) is 0 Å². The van der Waals surface area contributed by atoms with Crippen molar-refractivity contribution in [1.82, 2.24) is 5.32 Å². The molecule has 1 aliphatic heterocycles. The van der Waals surface area contributed by atoms with Crippen molar-refractivity contribution in [1.29, 1.82) is 0 Å². The van der Waals surface area contributed by atoms with Crippen molar-refractivity contribution >= 4 is 52.8 Å². The minimum absolute atomic E-state index is 0.0421. The van der Waals surface area contributed by atoms with Crippen LogP contribution < -0.4 is 29.7 Å². The van der Waals surface area contributed by atoms with Gasteiger partial charge in [0.1, 0.15) is 17.1 Å². The van der Waals surface area contributed by atoms with Gasteiger partial charge < -0.3 is 19.5 Å². The Kier molecular flexibility index (Phi) is 9.20. The molecule has 212 valence electrons. The van der Waals surface area contributed by atoms with Crippen LogP contribution in [0.3, 0.4) is 0 Å². The van der Waals surface area contributed by atoms with Gasteiger partial charge in [-0.1, -0.05) is 11.6 Å². The van der Waals surface area contributed by atoms with Crippen molar-refractivity contribution in [3.63, 3.8) is 0 Å². The highest BCUT2D eigenvalue weighted by Gasteiger charge is 2.37. The van der Waals surface area contributed by atoms with Gasteiger partial charge in [-0.05, 0) is 86.2 Å². The molecular formula is C29H25ClFN3O7. The Labute approximate surface area is 239 Å². The molecule has 0 radical (unpaired) electrons. The maximum atomic E-state index is 13.3. The molecule has 0 aliphatic carbocycles. The number of anilines is 2. The number of hydrogen-bond donors (Lipinski definition) is 2. The summed E-state index contributed by atoms with van der Waals surface area (Å²) in [6.45, 7) is 3.78. The summed E-state index contributed by atoms with van der Waals surface area (Å²) in [5.41, 5.74) is 0.613. The second kappa shape index (κ2) is 13.0. The van der Waals surface area contributed by atoms with E-state index in [9.17, 15) is 23.6 Å². The number of amides is 5. The third-order valence-electron chi connectivity index (χ3n) is 5.63. The lowest BCUT2D eigenvalue weighted by atomic mass is 10.1. The molecule has 0 aromatic heterocycles. The van der Waals surface area contributed by atoms with Crippen LogP contribution in [0.5, 0.6) is 17.2 Å². The number of carbonyl (C=O) groups excluding carboxylic acids is 4. The topological polar surface area (TPSA) is 123 Å². The lowest BCUT2D eigenvalue weighted by Crippen LogP contribution is -2.54. The van der Waals surface area contributed by atoms with E-state index in [1.54, 1.807) is 19.1 Å². The minimum Gasteiger partial charge on any atom is -0.494 e. The van der Waals surface area contributed by atoms with Crippen LogP contribution in [0.4, 0.5) is 20.6 Å². The van der Waals surface area contributed by atoms with E-state index in [-0.39, 0.29) is 34.4 Å². The van der Waals surface area contributed by atoms with Crippen molar-refractivity contribution in [2.75, 3.05) is 30.0 Å². The summed E-state index contributed by atoms with van der Waals surface area (Å²) in [5.74, 6) is -1.90. The Balaban J connectivity index is 1.56. The number of nitrogens with one attached hydrogen (secondary N) is 2. The van der Waals surface area contributed by atoms with E-state index in [2.05, 4.69) is 10.6 Å². The van der Waals surface area contributed by atoms with Gasteiger partial charge in [0.2, 0.25) is 0 Å². The lowest BCUT2D eigenvalue weighted by Gasteiger charge is -2.26. The van der Waals surface area contributed by atoms with Crippen LogP contribution in [0.1, 0.15) is 19.4 Å². The number of rotatable bonds is 10. The van der Waals surface area contributed by atoms with Crippen LogP contribution >= 0.6 is 11.6 Å². The molecule has 41 heavy (non-hydrogen) atoms. The van der Waals surface area contributed by atoms with E-state index in [1.165, 1.54) is 54.6 Å². The van der Waals surface area contributed by atoms with Crippen molar-refractivity contribution in [3.8, 4) is 17.2 Å². The van der Waals surface area contributed by atoms with Gasteiger partial charge in [0.05, 0.1) is 23.9 Å². The number of nitrogens with zero attached hydrogens (tertiary/aromatic N) is 1. The summed E-state index contributed by atoms with van der Waals surface area (Å²) in [7, 11) is 0. The summed E-state index contributed by atoms with van der Waals surface area (Å²) in [6, 6.07) is 13.5. The van der Waals surface area contributed by atoms with E-state index < -0.39 is 36.2 Å². The zero-order valence-corrected chi connectivity index (χ0v) is 22.8. The van der Waals surface area contributed by atoms with E-state index in [0.29, 0.717) is 23.6 Å². The largest absolute Gasteiger partial charge is 0.494 e. The molecule has 10 nitrogen and oxygen atoms in total. The zero-order chi connectivity index (χ0) is 29.5. The number of imide groups is 2. The Hall–Kier alpha value is -4.90. The molecule has 3 aromatic carbocycles. The standard InChI is InChI=1S/C29H25ClFN3O7/c1-3-39-21-11-9-20(10-12-21)34-28(37)22(27(36)33-29(34)38)13-17-14-23(30)26(24(15-17)40-4-2)41-16-25(35)32-19-7-5-18(31)6-8-19/h5-15H,3-4,16H2,1-2H3,(H,32,35)(H,33,36,38)/b22-13+. The first-order valence-corrected chi connectivity index (χ1v) is 12.9. The van der Waals surface area contributed by atoms with Crippen LogP contribution in [0.2, 0.25) is 5.02 Å². The molecule has 4 rings (SSSR count). The predicted molar refractivity (Wildman–Crippen MR) is 150 cm³/mol. The molecule has 2 N–H and O–H groups in total. The molecule has 1 saturated heterocycles. The van der Waals surface area contributed by atoms with E-state index in [1.807, 2.05) is 6.92 Å². The molecule has 12 heteroatoms. The summed E-state index contributed by atoms with van der Waals surface area (Å²) < 4.78 is 29.7. The Morgan fingerprint density at radius 3 is 2.32 bits per heavy atom. The van der Waals surface area contributed by atoms with Gasteiger partial charge in [0.25, 0.3) is 17.7 Å². The molecule has 0 bridgehead atoms. The van der Waals surface area contributed by atoms with Crippen LogP contribution in [-0.4, -0.2) is 43.6 Å². The molecule has 0 atom stereocenters. The first-order chi connectivity index (χ1) is 19.7. The predicted octanol–water partition coefficient (Wildman–Crippen LogP) is 4.96. The second-order valence-electron chi connectivity index (χ2n) is 8.49. The van der Waals surface area contributed by atoms with Crippen LogP contribution in [0.15, 0.2) is 66.2 Å². The lowest BCUT2D eigenvalue weighted by molar-refractivity contribution is -0.122. The molecule has 1 aliphatic rings. The fraction of sp³-hybridized carbons (Fsp3) is 0.172. The average Bonchev–Trinajstić information content (AvgIpc) is 2.93. The molecule has 0 unspecified atom stereocenters. The summed E-state index contributed by atoms with van der Waals surface area (Å²) in [6.07, 6.45) is 1.27. The van der Waals surface area contributed by atoms with Gasteiger partial charge in [-0.25, -0.2) is 14.1 Å². The third kappa shape index (κ3) is 7.00. The molecule has 0 spiro atoms. The second-order valence-corrected chi connectivity index (χ2v) is 8.90. The number of ether oxygens (including phenoxy) is 3. The fourth-order valence-electron chi connectivity index (χ4n) is 3.86. The number of halogens is 2. The van der Waals surface area contributed by atoms with E-state index in [4.69, 9.17) is 25.8 Å². The maximum absolute atomic E-state index is 13.3. The van der Waals surface area contributed by atoms with Gasteiger partial charge in [-0.3, -0.25) is 19.7 Å². The minimum atomic E-state index is -0.892. The number of barbiturate groups is 1. The molecular weight excluding hydrogens is 557 g/mol. The van der Waals surface area contributed by atoms with E-state index in [0.717, 1.165) is 4.90 Å². The first kappa shape index (κ1) is 29.1. The van der Waals surface area contributed by atoms with Gasteiger partial charge in [0.15, 0.2) is 18.1 Å². The SMILES string of the molecule is CCOc1ccc(N2C(=O)NC(=O)/C(=C\c3cc(Cl)c(OCC(=O)Nc4ccc(F)cc4)c(OCC)c3)C2=O)cc1. The van der Waals surface area contributed by atoms with Crippen LogP contribution in [0, 0.1) is 5.82 Å². The van der Waals surface area contributed by atoms with Gasteiger partial charge in [0, 0.05) is 5.69 Å². The van der Waals surface area contributed by atoms with Crippen molar-refractivity contribution < 1.29 is 37.8 Å². The molecule has 1 fully saturated rings. The number of urea groups is 1. The highest BCUT2D eigenvalue weighted by Crippen LogP contribution is 2.37. The summed E-state index contributed by atoms with van der Waals surface area (Å²) >= 11 is 6.44. The molecule has 5 amide bonds. The maximum Gasteiger partial charge on any atom is 0.335 e. The quantitative estimate of drug-likeness (QED) is 0.256. The average molecular weight is 582 g/mol. The first-order valence-electron chi connectivity index (χ1n) is 12.5. The third-order valence-corrected chi connectivity index (χ3v) is 5.91. The molecule has 1 heterocycles. The zero-order valence-electron chi connectivity index (χ0n) is 22.0. The van der Waals surface area contributed by atoms with E-state index >= 15 is 0 Å². The Morgan fingerprint density at radius 2 is 1.66 bits per heavy atom. The monoisotopic (exact) mass is 581 g/mol. The number of hydrogen-bond acceptors (Lipinski definition) is 7. The number of carbonyl (C=O) groups is 4. The van der Waals surface area contributed by atoms with Crippen molar-refractivity contribution in [2.24, 2.45) is 0 Å². The summed E-state index contributed by atoms with van der Waals surface area (Å²) in [4.78, 5) is 51.6. The number of benzene rings is 3. The van der Waals surface area contributed by atoms with Crippen LogP contribution in [-0.2, 0) is 14.4 Å². The highest BCUT2D eigenvalue weighted by atomic mass is 35.5. The van der Waals surface area contributed by atoms with Gasteiger partial charge >= 0.3 is 6.03 Å². The Bertz CT molecular complexity index is 1510. The van der Waals surface area contributed by atoms with Crippen LogP contribution in [0.25, 0.3) is 6.08 Å². The molecule has 0 saturated carbocycles. The summed E-state index contributed by atoms with van der Waals surface area (Å²) in [5, 5.41) is 4.78. The molecule has 3 aromatic rings. The van der Waals surface area contributed by atoms with Gasteiger partial charge in [-0.15, -0.1) is 0 Å². The van der Waals surface area contributed by atoms with Crippen molar-refractivity contribution in [2.45, 2.75) is 13.8 Å². The highest BCUT2D eigenvalue weighted by molar-refractivity contribution is 6.39. The van der Waals surface area contributed by atoms with Crippen molar-refractivity contribution in [3.05, 3.63) is 82.6 Å². The fourth-order valence-corrected chi connectivity index (χ4v) is 4.13.